The summed E-state index contributed by atoms with van der Waals surface area (Å²) in [4.78, 5) is 9.56. The zero-order valence-electron chi connectivity index (χ0n) is 2.77. The van der Waals surface area contributed by atoms with Crippen molar-refractivity contribution in [1.82, 2.24) is 0 Å². The first-order chi connectivity index (χ1) is 2.27. The van der Waals surface area contributed by atoms with Crippen LogP contribution < -0.4 is 5.73 Å². The number of hydrogen-bond acceptors (Lipinski definition) is 1. The van der Waals surface area contributed by atoms with Crippen molar-refractivity contribution in [2.45, 2.75) is 0 Å². The van der Waals surface area contributed by atoms with Crippen LogP contribution >= 0.6 is 0 Å². The molecule has 2 nitrogen and oxygen atoms in total. The Hall–Kier alpha value is -0.128. The number of nitrogens with two attached hydrogens (primary N) is 1. The van der Waals surface area contributed by atoms with Crippen molar-refractivity contribution in [3.05, 3.63) is 0 Å². The number of carbonyl (C=O) groups is 1. The van der Waals surface area contributed by atoms with E-state index in [1.54, 1.807) is 0 Å². The van der Waals surface area contributed by atoms with Gasteiger partial charge in [0.2, 0.25) is 0 Å². The predicted molar refractivity (Wildman–Crippen MR) is 22.5 cm³/mol. The van der Waals surface area contributed by atoms with Crippen molar-refractivity contribution < 1.29 is 4.79 Å². The quantitative estimate of drug-likeness (QED) is 0.416. The Labute approximate surface area is 36.2 Å². The van der Waals surface area contributed by atoms with E-state index in [1.165, 1.54) is 0 Å². The van der Waals surface area contributed by atoms with Crippen molar-refractivity contribution in [2.75, 3.05) is 0 Å². The summed E-state index contributed by atoms with van der Waals surface area (Å²) in [5.41, 5.74) is 4.63. The third-order valence-electron chi connectivity index (χ3n) is 0.201. The molecule has 0 rings (SSSR count). The Morgan fingerprint density at radius 2 is 2.20 bits per heavy atom. The molecule has 2 N–H and O–H groups in total. The topological polar surface area (TPSA) is 43.1 Å². The van der Waals surface area contributed by atoms with Crippen LogP contribution in [0.3, 0.4) is 0 Å². The molecule has 5 heavy (non-hydrogen) atoms. The van der Waals surface area contributed by atoms with Gasteiger partial charge in [0.15, 0.2) is 0 Å². The molecular formula is C2H4AlNO. The summed E-state index contributed by atoms with van der Waals surface area (Å²) in [5, 5.41) is 3.29. The SMILES string of the molecule is [CH2]=[Al][C](N)=O. The van der Waals surface area contributed by atoms with E-state index in [0.29, 0.717) is 0 Å². The van der Waals surface area contributed by atoms with Crippen LogP contribution in [-0.2, 0) is 0 Å². The van der Waals surface area contributed by atoms with Gasteiger partial charge >= 0.3 is 35.5 Å². The molecule has 0 heterocycles. The molecule has 0 aliphatic rings. The summed E-state index contributed by atoms with van der Waals surface area (Å²) in [7, 11) is 0. The molecule has 26 valence electrons. The molecule has 0 aromatic heterocycles. The van der Waals surface area contributed by atoms with Crippen LogP contribution in [0.5, 0.6) is 0 Å². The van der Waals surface area contributed by atoms with Crippen LogP contribution in [0.1, 0.15) is 0 Å². The molecule has 0 aliphatic carbocycles. The molecule has 0 radical (unpaired) electrons. The second-order valence-corrected chi connectivity index (χ2v) is 1.58. The number of amides is 1. The van der Waals surface area contributed by atoms with Gasteiger partial charge in [0.25, 0.3) is 0 Å². The summed E-state index contributed by atoms with van der Waals surface area (Å²) in [6, 6.07) is 0. The molecule has 0 aliphatic heterocycles. The average molecular weight is 85.0 g/mol. The molecule has 0 bridgehead atoms. The van der Waals surface area contributed by atoms with Gasteiger partial charge in [-0.1, -0.05) is 0 Å². The van der Waals surface area contributed by atoms with Gasteiger partial charge in [-0.15, -0.1) is 0 Å². The maximum absolute atomic E-state index is 9.56. The van der Waals surface area contributed by atoms with E-state index in [1.807, 2.05) is 0 Å². The van der Waals surface area contributed by atoms with Gasteiger partial charge in [0, 0.05) is 0 Å². The van der Waals surface area contributed by atoms with Gasteiger partial charge in [-0.3, -0.25) is 0 Å². The van der Waals surface area contributed by atoms with Crippen LogP contribution in [0, 0.1) is 0 Å². The zero-order valence-corrected chi connectivity index (χ0v) is 3.92. The minimum atomic E-state index is -0.380. The van der Waals surface area contributed by atoms with Gasteiger partial charge in [-0.05, 0) is 0 Å². The molecule has 0 aromatic carbocycles. The first kappa shape index (κ1) is 4.87. The van der Waals surface area contributed by atoms with Crippen molar-refractivity contribution in [3.63, 3.8) is 0 Å². The molecule has 1 amide bonds. The summed E-state index contributed by atoms with van der Waals surface area (Å²) < 4.78 is -0.273. The molecule has 0 atom stereocenters. The number of rotatable bonds is 1. The molecule has 0 saturated carbocycles. The number of hydrogen-bond donors (Lipinski definition) is 1. The molecule has 0 saturated heterocycles. The van der Waals surface area contributed by atoms with Crippen molar-refractivity contribution in [2.24, 2.45) is 5.73 Å². The predicted octanol–water partition coefficient (Wildman–Crippen LogP) is -0.799. The average Bonchev–Trinajstić information content (AvgIpc) is 1.38. The van der Waals surface area contributed by atoms with E-state index in [4.69, 9.17) is 0 Å². The number of carbonyl (C=O) groups excluding carboxylic acids is 1. The van der Waals surface area contributed by atoms with Gasteiger partial charge in [0.1, 0.15) is 0 Å². The second kappa shape index (κ2) is 2.13. The Morgan fingerprint density at radius 1 is 2.00 bits per heavy atom. The third kappa shape index (κ3) is 3.87. The van der Waals surface area contributed by atoms with Crippen LogP contribution in [0.15, 0.2) is 0 Å². The van der Waals surface area contributed by atoms with E-state index < -0.39 is 0 Å². The number of primary amides is 1. The fourth-order valence-corrected chi connectivity index (χ4v) is 0. The fourth-order valence-electron chi connectivity index (χ4n) is 0. The first-order valence-corrected chi connectivity index (χ1v) is 2.58. The Kier molecular flexibility index (Phi) is 2.08. The van der Waals surface area contributed by atoms with Crippen LogP contribution in [0.4, 0.5) is 4.79 Å². The second-order valence-electron chi connectivity index (χ2n) is 0.606. The van der Waals surface area contributed by atoms with Gasteiger partial charge in [0.05, 0.1) is 0 Å². The van der Waals surface area contributed by atoms with Gasteiger partial charge in [-0.25, -0.2) is 0 Å². The van der Waals surface area contributed by atoms with Crippen molar-refractivity contribution >= 4 is 24.9 Å². The molecular weight excluding hydrogens is 81.0 g/mol. The van der Waals surface area contributed by atoms with Crippen LogP contribution in [0.2, 0.25) is 0 Å². The van der Waals surface area contributed by atoms with E-state index in [2.05, 4.69) is 11.1 Å². The molecule has 0 spiro atoms. The van der Waals surface area contributed by atoms with Crippen molar-refractivity contribution in [1.29, 1.82) is 0 Å². The summed E-state index contributed by atoms with van der Waals surface area (Å²) in [6.07, 6.45) is 0. The van der Waals surface area contributed by atoms with E-state index >= 15 is 0 Å². The first-order valence-electron chi connectivity index (χ1n) is 1.19. The van der Waals surface area contributed by atoms with E-state index in [-0.39, 0.29) is 19.5 Å². The van der Waals surface area contributed by atoms with Gasteiger partial charge < -0.3 is 0 Å². The standard InChI is InChI=1S/CH2NO.CH2.Al/c2-1-3;;/h(H2,2,3);1H2;. The summed E-state index contributed by atoms with van der Waals surface area (Å²) >= 11 is -0.380. The molecule has 0 fully saturated rings. The molecule has 0 unspecified atom stereocenters. The normalized spacial score (nSPS) is 5.60. The monoisotopic (exact) mass is 85.0 g/mol. The Morgan fingerprint density at radius 3 is 2.20 bits per heavy atom. The zero-order chi connectivity index (χ0) is 4.28. The summed E-state index contributed by atoms with van der Waals surface area (Å²) in [6.45, 7) is 0. The molecule has 0 aromatic rings. The fraction of sp³-hybridized carbons (Fsp3) is 0. The Balaban J connectivity index is 3.20. The Bertz CT molecular complexity index is 60.7. The van der Waals surface area contributed by atoms with Crippen LogP contribution in [0.25, 0.3) is 0 Å². The minimum absolute atomic E-state index is 0.273. The third-order valence-corrected chi connectivity index (χ3v) is 0.604. The van der Waals surface area contributed by atoms with Crippen molar-refractivity contribution in [3.8, 4) is 0 Å². The van der Waals surface area contributed by atoms with E-state index in [0.717, 1.165) is 0 Å². The van der Waals surface area contributed by atoms with Gasteiger partial charge in [-0.2, -0.15) is 0 Å². The van der Waals surface area contributed by atoms with Crippen LogP contribution in [-0.4, -0.2) is 24.9 Å². The molecule has 3 heteroatoms. The summed E-state index contributed by atoms with van der Waals surface area (Å²) in [5.74, 6) is 0. The maximum atomic E-state index is 9.56. The van der Waals surface area contributed by atoms with E-state index in [9.17, 15) is 4.79 Å².